The predicted octanol–water partition coefficient (Wildman–Crippen LogP) is 6.36. The van der Waals surface area contributed by atoms with Gasteiger partial charge in [0.2, 0.25) is 0 Å². The number of nitriles is 2. The molecule has 0 bridgehead atoms. The second-order valence-corrected chi connectivity index (χ2v) is 9.63. The first-order chi connectivity index (χ1) is 16.9. The highest BCUT2D eigenvalue weighted by Gasteiger charge is 2.14. The number of aromatic nitrogens is 2. The van der Waals surface area contributed by atoms with E-state index < -0.39 is 0 Å². The van der Waals surface area contributed by atoms with E-state index in [0.29, 0.717) is 30.9 Å². The molecule has 0 radical (unpaired) electrons. The maximum atomic E-state index is 9.43. The number of benzene rings is 3. The van der Waals surface area contributed by atoms with Gasteiger partial charge in [0.15, 0.2) is 0 Å². The Morgan fingerprint density at radius 2 is 1.54 bits per heavy atom. The van der Waals surface area contributed by atoms with E-state index in [4.69, 9.17) is 10.00 Å². The molecule has 1 heterocycles. The summed E-state index contributed by atoms with van der Waals surface area (Å²) in [5.74, 6) is 0. The molecule has 5 heteroatoms. The molecule has 0 aliphatic heterocycles. The van der Waals surface area contributed by atoms with Crippen molar-refractivity contribution in [2.75, 3.05) is 0 Å². The van der Waals surface area contributed by atoms with Crippen molar-refractivity contribution in [2.45, 2.75) is 45.9 Å². The molecule has 0 unspecified atom stereocenters. The van der Waals surface area contributed by atoms with E-state index in [9.17, 15) is 5.26 Å². The van der Waals surface area contributed by atoms with Crippen LogP contribution in [0, 0.1) is 22.7 Å². The SMILES string of the molecule is CC(C)(C)c1ccc(-c2cc(C#N)ccc2COCc2cncn2Cc2ccc(C#N)cc2)cc1. The lowest BCUT2D eigenvalue weighted by molar-refractivity contribution is 0.103. The Labute approximate surface area is 206 Å². The van der Waals surface area contributed by atoms with E-state index >= 15 is 0 Å². The van der Waals surface area contributed by atoms with Gasteiger partial charge in [-0.1, -0.05) is 63.2 Å². The first-order valence-electron chi connectivity index (χ1n) is 11.6. The van der Waals surface area contributed by atoms with Crippen LogP contribution in [0.25, 0.3) is 11.1 Å². The summed E-state index contributed by atoms with van der Waals surface area (Å²) in [5.41, 5.74) is 7.81. The Kier molecular flexibility index (Phi) is 7.11. The Morgan fingerprint density at radius 3 is 2.20 bits per heavy atom. The molecule has 1 aromatic heterocycles. The van der Waals surface area contributed by atoms with Crippen molar-refractivity contribution in [3.8, 4) is 23.3 Å². The van der Waals surface area contributed by atoms with Crippen molar-refractivity contribution in [3.05, 3.63) is 113 Å². The molecule has 0 fully saturated rings. The van der Waals surface area contributed by atoms with E-state index in [-0.39, 0.29) is 5.41 Å². The Balaban J connectivity index is 1.48. The normalized spacial score (nSPS) is 11.1. The van der Waals surface area contributed by atoms with Gasteiger partial charge in [-0.05, 0) is 57.5 Å². The molecule has 0 N–H and O–H groups in total. The zero-order valence-corrected chi connectivity index (χ0v) is 20.3. The van der Waals surface area contributed by atoms with Crippen LogP contribution in [-0.2, 0) is 29.9 Å². The number of imidazole rings is 1. The van der Waals surface area contributed by atoms with E-state index in [1.165, 1.54) is 5.56 Å². The van der Waals surface area contributed by atoms with Crippen molar-refractivity contribution in [1.82, 2.24) is 9.55 Å². The average Bonchev–Trinajstić information content (AvgIpc) is 3.31. The first-order valence-corrected chi connectivity index (χ1v) is 11.6. The average molecular weight is 461 g/mol. The summed E-state index contributed by atoms with van der Waals surface area (Å²) in [6.45, 7) is 8.09. The van der Waals surface area contributed by atoms with Gasteiger partial charge in [-0.2, -0.15) is 10.5 Å². The van der Waals surface area contributed by atoms with Crippen LogP contribution in [0.1, 0.15) is 54.3 Å². The van der Waals surface area contributed by atoms with E-state index in [1.54, 1.807) is 6.33 Å². The highest BCUT2D eigenvalue weighted by molar-refractivity contribution is 5.69. The molecule has 0 atom stereocenters. The van der Waals surface area contributed by atoms with Crippen LogP contribution in [0.4, 0.5) is 0 Å². The molecule has 4 aromatic rings. The molecular weight excluding hydrogens is 432 g/mol. The predicted molar refractivity (Wildman–Crippen MR) is 136 cm³/mol. The van der Waals surface area contributed by atoms with Crippen LogP contribution in [0.5, 0.6) is 0 Å². The minimum Gasteiger partial charge on any atom is -0.370 e. The summed E-state index contributed by atoms with van der Waals surface area (Å²) < 4.78 is 8.15. The fourth-order valence-electron chi connectivity index (χ4n) is 3.95. The maximum absolute atomic E-state index is 9.43. The van der Waals surface area contributed by atoms with Crippen LogP contribution < -0.4 is 0 Å². The molecule has 4 rings (SSSR count). The molecule has 0 amide bonds. The third-order valence-corrected chi connectivity index (χ3v) is 6.04. The van der Waals surface area contributed by atoms with Crippen molar-refractivity contribution in [2.24, 2.45) is 0 Å². The van der Waals surface area contributed by atoms with Gasteiger partial charge in [-0.15, -0.1) is 0 Å². The lowest BCUT2D eigenvalue weighted by Crippen LogP contribution is -2.10. The number of rotatable bonds is 7. The first kappa shape index (κ1) is 24.0. The Morgan fingerprint density at radius 1 is 0.857 bits per heavy atom. The van der Waals surface area contributed by atoms with Crippen LogP contribution in [0.15, 0.2) is 79.3 Å². The Hall–Kier alpha value is -4.19. The van der Waals surface area contributed by atoms with Gasteiger partial charge in [0.05, 0.1) is 54.7 Å². The van der Waals surface area contributed by atoms with Crippen LogP contribution in [-0.4, -0.2) is 9.55 Å². The molecule has 3 aromatic carbocycles. The van der Waals surface area contributed by atoms with Gasteiger partial charge in [0.25, 0.3) is 0 Å². The summed E-state index contributed by atoms with van der Waals surface area (Å²) in [5, 5.41) is 18.4. The Bertz CT molecular complexity index is 1380. The zero-order valence-electron chi connectivity index (χ0n) is 20.3. The van der Waals surface area contributed by atoms with Gasteiger partial charge in [0.1, 0.15) is 0 Å². The van der Waals surface area contributed by atoms with Gasteiger partial charge in [-0.25, -0.2) is 4.98 Å². The highest BCUT2D eigenvalue weighted by atomic mass is 16.5. The summed E-state index contributed by atoms with van der Waals surface area (Å²) in [7, 11) is 0. The minimum absolute atomic E-state index is 0.0830. The largest absolute Gasteiger partial charge is 0.370 e. The lowest BCUT2D eigenvalue weighted by atomic mass is 9.86. The van der Waals surface area contributed by atoms with Gasteiger partial charge in [-0.3, -0.25) is 0 Å². The fourth-order valence-corrected chi connectivity index (χ4v) is 3.95. The topological polar surface area (TPSA) is 74.6 Å². The highest BCUT2D eigenvalue weighted by Crippen LogP contribution is 2.29. The van der Waals surface area contributed by atoms with E-state index in [0.717, 1.165) is 27.9 Å². The number of hydrogen-bond donors (Lipinski definition) is 0. The molecule has 0 spiro atoms. The number of ether oxygens (including phenoxy) is 1. The molecule has 5 nitrogen and oxygen atoms in total. The molecule has 35 heavy (non-hydrogen) atoms. The van der Waals surface area contributed by atoms with Crippen LogP contribution >= 0.6 is 0 Å². The molecule has 0 aliphatic rings. The van der Waals surface area contributed by atoms with Crippen LogP contribution in [0.2, 0.25) is 0 Å². The van der Waals surface area contributed by atoms with Gasteiger partial charge >= 0.3 is 0 Å². The minimum atomic E-state index is 0.0830. The standard InChI is InChI=1S/C30H28N4O/c1-30(2,3)27-12-10-25(11-13-27)29-14-24(16-32)8-9-26(29)19-35-20-28-17-33-21-34(28)18-23-6-4-22(15-31)5-7-23/h4-14,17,21H,18-20H2,1-3H3. The molecule has 0 saturated heterocycles. The van der Waals surface area contributed by atoms with Crippen molar-refractivity contribution in [3.63, 3.8) is 0 Å². The maximum Gasteiger partial charge on any atom is 0.0991 e. The van der Waals surface area contributed by atoms with Crippen molar-refractivity contribution < 1.29 is 4.74 Å². The van der Waals surface area contributed by atoms with Gasteiger partial charge in [0, 0.05) is 6.54 Å². The summed E-state index contributed by atoms with van der Waals surface area (Å²) in [4.78, 5) is 4.29. The van der Waals surface area contributed by atoms with E-state index in [1.807, 2.05) is 53.2 Å². The smallest absolute Gasteiger partial charge is 0.0991 e. The summed E-state index contributed by atoms with van der Waals surface area (Å²) in [6.07, 6.45) is 3.61. The van der Waals surface area contributed by atoms with Crippen molar-refractivity contribution >= 4 is 0 Å². The van der Waals surface area contributed by atoms with E-state index in [2.05, 4.69) is 62.2 Å². The monoisotopic (exact) mass is 460 g/mol. The lowest BCUT2D eigenvalue weighted by Gasteiger charge is -2.19. The number of hydrogen-bond acceptors (Lipinski definition) is 4. The van der Waals surface area contributed by atoms with Gasteiger partial charge < -0.3 is 9.30 Å². The molecule has 174 valence electrons. The number of nitrogens with zero attached hydrogens (tertiary/aromatic N) is 4. The van der Waals surface area contributed by atoms with Crippen molar-refractivity contribution in [1.29, 1.82) is 10.5 Å². The molecular formula is C30H28N4O. The summed E-state index contributed by atoms with van der Waals surface area (Å²) >= 11 is 0. The third kappa shape index (κ3) is 5.84. The second kappa shape index (κ2) is 10.4. The molecule has 0 aliphatic carbocycles. The van der Waals surface area contributed by atoms with Crippen LogP contribution in [0.3, 0.4) is 0 Å². The molecule has 0 saturated carbocycles. The second-order valence-electron chi connectivity index (χ2n) is 9.63. The third-order valence-electron chi connectivity index (χ3n) is 6.04. The quantitative estimate of drug-likeness (QED) is 0.322. The fraction of sp³-hybridized carbons (Fsp3) is 0.233. The summed E-state index contributed by atoms with van der Waals surface area (Å²) in [6, 6.07) is 26.2. The zero-order chi connectivity index (χ0) is 24.8.